The molecule has 1 heterocycles. The van der Waals surface area contributed by atoms with Gasteiger partial charge >= 0.3 is 0 Å². The van der Waals surface area contributed by atoms with Gasteiger partial charge in [0.05, 0.1) is 22.9 Å². The number of nitrogens with zero attached hydrogens (tertiary/aromatic N) is 2. The summed E-state index contributed by atoms with van der Waals surface area (Å²) in [4.78, 5) is 0. The van der Waals surface area contributed by atoms with E-state index in [4.69, 9.17) is 21.6 Å². The Morgan fingerprint density at radius 2 is 0.627 bits per heavy atom. The van der Waals surface area contributed by atoms with Crippen LogP contribution in [0, 0.1) is 48.4 Å². The molecule has 0 spiro atoms. The van der Waals surface area contributed by atoms with E-state index in [-0.39, 0.29) is 10.8 Å². The topological polar surface area (TPSA) is 25.8 Å². The van der Waals surface area contributed by atoms with Crippen LogP contribution in [0.5, 0.6) is 0 Å². The lowest BCUT2D eigenvalue weighted by Crippen LogP contribution is -2.26. The van der Waals surface area contributed by atoms with Crippen molar-refractivity contribution in [2.45, 2.75) is 218 Å². The maximum atomic E-state index is 6.09. The van der Waals surface area contributed by atoms with Crippen molar-refractivity contribution in [2.75, 3.05) is 0 Å². The van der Waals surface area contributed by atoms with Gasteiger partial charge < -0.3 is 0 Å². The molecule has 0 radical (unpaired) electrons. The summed E-state index contributed by atoms with van der Waals surface area (Å²) in [6.07, 6.45) is 47.5. The predicted octanol–water partition coefficient (Wildman–Crippen LogP) is 20.0. The van der Waals surface area contributed by atoms with Crippen LogP contribution in [-0.4, -0.2) is 8.75 Å². The van der Waals surface area contributed by atoms with Crippen LogP contribution in [0.3, 0.4) is 0 Å². The van der Waals surface area contributed by atoms with Gasteiger partial charge in [-0.3, -0.25) is 0 Å². The molecule has 1 aromatic heterocycles. The Morgan fingerprint density at radius 1 is 0.347 bits per heavy atom. The Hall–Kier alpha value is -5.84. The fraction of sp³-hybridized carbons (Fsp3) is 0.472. The molecule has 0 fully saturated rings. The minimum atomic E-state index is -0.0747. The Bertz CT molecular complexity index is 2830. The summed E-state index contributed by atoms with van der Waals surface area (Å²) < 4.78 is 9.66. The van der Waals surface area contributed by atoms with Gasteiger partial charge in [0.1, 0.15) is 11.0 Å². The van der Waals surface area contributed by atoms with Gasteiger partial charge in [0.15, 0.2) is 0 Å². The third kappa shape index (κ3) is 13.1. The van der Waals surface area contributed by atoms with Gasteiger partial charge in [0.2, 0.25) is 0 Å². The standard InChI is InChI=1S/C72H84N2S/c1-7-13-17-21-25-29-47-71(48-30-26-22-18-14-8-2)65-51-55(11-5)35-43-61(65)63-45-37-57(53-67(63)71)33-39-59-41-42-60(70-69(59)73-75-74-70)40-34-58-38-46-64-62-44-36-56(12-6)52-66(62)72(68(64)54-58,49-31-27-23-19-15-9-3)50-32-28-24-20-16-10-4/h5-6,35-38,41-46,51-54H,7-10,13-32,47-50H2,1-4H3. The van der Waals surface area contributed by atoms with Crippen LogP contribution in [-0.2, 0) is 10.8 Å². The van der Waals surface area contributed by atoms with E-state index >= 15 is 0 Å². The molecule has 3 heteroatoms. The first-order valence-corrected chi connectivity index (χ1v) is 30.5. The zero-order valence-electron chi connectivity index (χ0n) is 46.3. The summed E-state index contributed by atoms with van der Waals surface area (Å²) in [5, 5.41) is 0. The van der Waals surface area contributed by atoms with Crippen molar-refractivity contribution in [1.29, 1.82) is 0 Å². The molecule has 75 heavy (non-hydrogen) atoms. The van der Waals surface area contributed by atoms with Crippen LogP contribution in [0.25, 0.3) is 33.3 Å². The maximum Gasteiger partial charge on any atom is 0.121 e. The largest absolute Gasteiger partial charge is 0.172 e. The molecular formula is C72H84N2S. The van der Waals surface area contributed by atoms with E-state index in [1.807, 2.05) is 0 Å². The van der Waals surface area contributed by atoms with Gasteiger partial charge in [-0.1, -0.05) is 242 Å². The van der Waals surface area contributed by atoms with Gasteiger partial charge in [0, 0.05) is 33.1 Å². The van der Waals surface area contributed by atoms with Gasteiger partial charge in [-0.15, -0.1) is 12.8 Å². The summed E-state index contributed by atoms with van der Waals surface area (Å²) in [6, 6.07) is 31.6. The van der Waals surface area contributed by atoms with E-state index in [0.717, 1.165) is 70.1 Å². The summed E-state index contributed by atoms with van der Waals surface area (Å²) in [6.45, 7) is 9.20. The Labute approximate surface area is 458 Å². The van der Waals surface area contributed by atoms with Crippen LogP contribution < -0.4 is 0 Å². The predicted molar refractivity (Wildman–Crippen MR) is 323 cm³/mol. The Balaban J connectivity index is 1.09. The molecule has 0 amide bonds. The van der Waals surface area contributed by atoms with E-state index in [9.17, 15) is 0 Å². The summed E-state index contributed by atoms with van der Waals surface area (Å²) in [5.74, 6) is 20.4. The third-order valence-electron chi connectivity index (χ3n) is 17.0. The van der Waals surface area contributed by atoms with Gasteiger partial charge in [-0.05, 0) is 131 Å². The number of rotatable bonds is 28. The highest BCUT2D eigenvalue weighted by Crippen LogP contribution is 2.56. The minimum absolute atomic E-state index is 0.0747. The molecule has 0 unspecified atom stereocenters. The van der Waals surface area contributed by atoms with Gasteiger partial charge in [-0.2, -0.15) is 8.75 Å². The van der Waals surface area contributed by atoms with E-state index in [1.54, 1.807) is 0 Å². The molecule has 6 aromatic rings. The van der Waals surface area contributed by atoms with Crippen molar-refractivity contribution < 1.29 is 0 Å². The summed E-state index contributed by atoms with van der Waals surface area (Å²) in [7, 11) is 0. The van der Waals surface area contributed by atoms with Crippen LogP contribution in [0.4, 0.5) is 0 Å². The molecule has 0 N–H and O–H groups in total. The molecule has 2 nitrogen and oxygen atoms in total. The molecule has 0 aliphatic heterocycles. The van der Waals surface area contributed by atoms with Crippen molar-refractivity contribution in [1.82, 2.24) is 8.75 Å². The maximum absolute atomic E-state index is 6.09. The average Bonchev–Trinajstić information content (AvgIpc) is 4.12. The van der Waals surface area contributed by atoms with Crippen LogP contribution in [0.15, 0.2) is 84.9 Å². The van der Waals surface area contributed by atoms with Gasteiger partial charge in [0.25, 0.3) is 0 Å². The third-order valence-corrected chi connectivity index (χ3v) is 17.5. The minimum Gasteiger partial charge on any atom is -0.172 e. The normalized spacial score (nSPS) is 13.2. The van der Waals surface area contributed by atoms with E-state index in [0.29, 0.717) is 0 Å². The molecule has 0 saturated heterocycles. The van der Waals surface area contributed by atoms with Crippen molar-refractivity contribution in [3.05, 3.63) is 141 Å². The molecule has 0 bridgehead atoms. The van der Waals surface area contributed by atoms with E-state index < -0.39 is 0 Å². The zero-order valence-corrected chi connectivity index (χ0v) is 47.2. The Morgan fingerprint density at radius 3 is 0.933 bits per heavy atom. The average molecular weight is 1010 g/mol. The first kappa shape index (κ1) is 55.4. The molecule has 5 aromatic carbocycles. The molecule has 2 aliphatic carbocycles. The lowest BCUT2D eigenvalue weighted by Gasteiger charge is -2.33. The lowest BCUT2D eigenvalue weighted by molar-refractivity contribution is 0.397. The molecule has 0 atom stereocenters. The first-order valence-electron chi connectivity index (χ1n) is 29.7. The number of hydrogen-bond acceptors (Lipinski definition) is 3. The second-order valence-electron chi connectivity index (χ2n) is 22.2. The number of hydrogen-bond donors (Lipinski definition) is 0. The highest BCUT2D eigenvalue weighted by Gasteiger charge is 2.44. The Kier molecular flexibility index (Phi) is 20.5. The lowest BCUT2D eigenvalue weighted by atomic mass is 9.70. The van der Waals surface area contributed by atoms with Crippen molar-refractivity contribution in [3.63, 3.8) is 0 Å². The number of fused-ring (bicyclic) bond motifs is 7. The molecular weight excluding hydrogens is 925 g/mol. The fourth-order valence-electron chi connectivity index (χ4n) is 12.8. The SMILES string of the molecule is C#Cc1ccc2c(c1)C(CCCCCCCC)(CCCCCCCC)c1cc(C#Cc3ccc(C#Cc4ccc5c(c4)C(CCCCCCCC)(CCCCCCCC)c4cc(C#C)ccc4-5)c4nsnc34)ccc1-2. The first-order chi connectivity index (χ1) is 36.9. The fourth-order valence-corrected chi connectivity index (χ4v) is 13.4. The van der Waals surface area contributed by atoms with Crippen LogP contribution in [0.2, 0.25) is 0 Å². The van der Waals surface area contributed by atoms with Crippen LogP contribution in [0.1, 0.15) is 263 Å². The quantitative estimate of drug-likeness (QED) is 0.0362. The van der Waals surface area contributed by atoms with Crippen molar-refractivity contribution in [2.24, 2.45) is 0 Å². The monoisotopic (exact) mass is 1010 g/mol. The molecule has 388 valence electrons. The number of terminal acetylenes is 2. The van der Waals surface area contributed by atoms with Crippen molar-refractivity contribution >= 4 is 22.8 Å². The second-order valence-corrected chi connectivity index (χ2v) is 22.7. The number of unbranched alkanes of at least 4 members (excludes halogenated alkanes) is 20. The van der Waals surface area contributed by atoms with Crippen molar-refractivity contribution in [3.8, 4) is 70.6 Å². The highest BCUT2D eigenvalue weighted by molar-refractivity contribution is 7.00. The number of benzene rings is 5. The summed E-state index contributed by atoms with van der Waals surface area (Å²) in [5.41, 5.74) is 18.4. The highest BCUT2D eigenvalue weighted by atomic mass is 32.1. The second kappa shape index (κ2) is 27.8. The number of aromatic nitrogens is 2. The van der Waals surface area contributed by atoms with Crippen LogP contribution >= 0.6 is 11.7 Å². The van der Waals surface area contributed by atoms with E-state index in [2.05, 4.69) is 148 Å². The zero-order chi connectivity index (χ0) is 52.3. The molecule has 0 saturated carbocycles. The summed E-state index contributed by atoms with van der Waals surface area (Å²) >= 11 is 1.24. The smallest absolute Gasteiger partial charge is 0.121 e. The molecule has 8 rings (SSSR count). The molecule has 2 aliphatic rings. The van der Waals surface area contributed by atoms with E-state index in [1.165, 1.54) is 210 Å². The van der Waals surface area contributed by atoms with Gasteiger partial charge in [-0.25, -0.2) is 0 Å².